The van der Waals surface area contributed by atoms with E-state index in [1.54, 1.807) is 28.1 Å². The molecule has 2 aromatic heterocycles. The molecule has 2 N–H and O–H groups in total. The number of benzene rings is 1. The third kappa shape index (κ3) is 3.71. The van der Waals surface area contributed by atoms with Crippen LogP contribution in [0.1, 0.15) is 5.56 Å². The van der Waals surface area contributed by atoms with E-state index in [0.717, 1.165) is 29.2 Å². The molecule has 1 aliphatic heterocycles. The highest BCUT2D eigenvalue weighted by Gasteiger charge is 2.31. The average molecular weight is 390 g/mol. The van der Waals surface area contributed by atoms with Crippen LogP contribution in [0, 0.1) is 0 Å². The highest BCUT2D eigenvalue weighted by Crippen LogP contribution is 2.31. The first-order valence-corrected chi connectivity index (χ1v) is 8.67. The van der Waals surface area contributed by atoms with Crippen LogP contribution in [-0.4, -0.2) is 52.3 Å². The topological polar surface area (TPSA) is 77.2 Å². The molecule has 1 aromatic carbocycles. The molecule has 3 heterocycles. The molecule has 4 rings (SSSR count). The standard InChI is InChI=1S/C18H17F3N6O/c19-18(20,21)13-3-4-22-16(9-13)26-5-7-27(8-6-26)17(28)24-14-2-1-12-11-23-25-15(12)10-14/h1-4,9-11H,5-8H2,(H,23,25)(H,24,28). The summed E-state index contributed by atoms with van der Waals surface area (Å²) < 4.78 is 38.6. The van der Waals surface area contributed by atoms with Gasteiger partial charge in [0.1, 0.15) is 5.82 Å². The number of fused-ring (bicyclic) bond motifs is 1. The Morgan fingerprint density at radius 2 is 1.89 bits per heavy atom. The minimum atomic E-state index is -4.41. The number of aromatic amines is 1. The van der Waals surface area contributed by atoms with Gasteiger partial charge in [-0.15, -0.1) is 0 Å². The normalized spacial score (nSPS) is 15.1. The zero-order chi connectivity index (χ0) is 19.7. The first-order chi connectivity index (χ1) is 13.4. The molecule has 0 saturated carbocycles. The molecule has 1 fully saturated rings. The molecule has 0 bridgehead atoms. The van der Waals surface area contributed by atoms with Crippen LogP contribution in [0.15, 0.2) is 42.7 Å². The number of anilines is 2. The Kier molecular flexibility index (Phi) is 4.54. The highest BCUT2D eigenvalue weighted by molar-refractivity contribution is 5.92. The number of carbonyl (C=O) groups excluding carboxylic acids is 1. The molecule has 0 spiro atoms. The fraction of sp³-hybridized carbons (Fsp3) is 0.278. The van der Waals surface area contributed by atoms with E-state index in [1.165, 1.54) is 0 Å². The van der Waals surface area contributed by atoms with E-state index >= 15 is 0 Å². The van der Waals surface area contributed by atoms with Crippen LogP contribution < -0.4 is 10.2 Å². The lowest BCUT2D eigenvalue weighted by molar-refractivity contribution is -0.137. The number of alkyl halides is 3. The van der Waals surface area contributed by atoms with Gasteiger partial charge in [0.05, 0.1) is 17.3 Å². The minimum absolute atomic E-state index is 0.254. The predicted molar refractivity (Wildman–Crippen MR) is 98.1 cm³/mol. The number of carbonyl (C=O) groups is 1. The fourth-order valence-electron chi connectivity index (χ4n) is 3.12. The van der Waals surface area contributed by atoms with Gasteiger partial charge in [-0.25, -0.2) is 9.78 Å². The maximum absolute atomic E-state index is 12.9. The van der Waals surface area contributed by atoms with E-state index in [-0.39, 0.29) is 11.8 Å². The first kappa shape index (κ1) is 18.1. The number of aromatic nitrogens is 3. The summed E-state index contributed by atoms with van der Waals surface area (Å²) in [5, 5.41) is 10.6. The average Bonchev–Trinajstić information content (AvgIpc) is 3.15. The maximum atomic E-state index is 12.9. The third-order valence-electron chi connectivity index (χ3n) is 4.66. The second-order valence-corrected chi connectivity index (χ2v) is 6.48. The van der Waals surface area contributed by atoms with Crippen molar-refractivity contribution in [3.8, 4) is 0 Å². The number of nitrogens with zero attached hydrogens (tertiary/aromatic N) is 4. The Bertz CT molecular complexity index is 994. The molecule has 0 atom stereocenters. The van der Waals surface area contributed by atoms with E-state index in [2.05, 4.69) is 20.5 Å². The summed E-state index contributed by atoms with van der Waals surface area (Å²) in [6.45, 7) is 1.58. The smallest absolute Gasteiger partial charge is 0.353 e. The Labute approximate surface area is 158 Å². The zero-order valence-corrected chi connectivity index (χ0v) is 14.7. The number of halogens is 3. The van der Waals surface area contributed by atoms with Crippen molar-refractivity contribution in [2.24, 2.45) is 0 Å². The van der Waals surface area contributed by atoms with E-state index in [9.17, 15) is 18.0 Å². The fourth-order valence-corrected chi connectivity index (χ4v) is 3.12. The van der Waals surface area contributed by atoms with Crippen molar-refractivity contribution in [3.63, 3.8) is 0 Å². The van der Waals surface area contributed by atoms with Crippen LogP contribution in [-0.2, 0) is 6.18 Å². The van der Waals surface area contributed by atoms with Crippen LogP contribution in [0.2, 0.25) is 0 Å². The van der Waals surface area contributed by atoms with Crippen LogP contribution in [0.5, 0.6) is 0 Å². The second-order valence-electron chi connectivity index (χ2n) is 6.48. The molecular weight excluding hydrogens is 373 g/mol. The Hall–Kier alpha value is -3.30. The quantitative estimate of drug-likeness (QED) is 0.704. The number of rotatable bonds is 2. The first-order valence-electron chi connectivity index (χ1n) is 8.67. The molecule has 2 amide bonds. The summed E-state index contributed by atoms with van der Waals surface area (Å²) >= 11 is 0. The van der Waals surface area contributed by atoms with Crippen molar-refractivity contribution < 1.29 is 18.0 Å². The number of pyridine rings is 1. The van der Waals surface area contributed by atoms with Crippen LogP contribution >= 0.6 is 0 Å². The number of urea groups is 1. The van der Waals surface area contributed by atoms with E-state index < -0.39 is 11.7 Å². The molecule has 3 aromatic rings. The summed E-state index contributed by atoms with van der Waals surface area (Å²) in [6.07, 6.45) is -1.56. The SMILES string of the molecule is O=C(Nc1ccc2cn[nH]c2c1)N1CCN(c2cc(C(F)(F)F)ccn2)CC1. The zero-order valence-electron chi connectivity index (χ0n) is 14.7. The van der Waals surface area contributed by atoms with Crippen LogP contribution in [0.3, 0.4) is 0 Å². The summed E-state index contributed by atoms with van der Waals surface area (Å²) in [5.74, 6) is 0.263. The Morgan fingerprint density at radius 1 is 1.11 bits per heavy atom. The molecule has 0 radical (unpaired) electrons. The lowest BCUT2D eigenvalue weighted by atomic mass is 10.2. The van der Waals surface area contributed by atoms with Gasteiger partial charge in [0, 0.05) is 43.4 Å². The summed E-state index contributed by atoms with van der Waals surface area (Å²) in [4.78, 5) is 19.9. The second kappa shape index (κ2) is 7.02. The molecule has 146 valence electrons. The number of H-pyrrole nitrogens is 1. The number of hydrogen-bond donors (Lipinski definition) is 2. The molecule has 7 nitrogen and oxygen atoms in total. The number of hydrogen-bond acceptors (Lipinski definition) is 4. The monoisotopic (exact) mass is 390 g/mol. The van der Waals surface area contributed by atoms with Gasteiger partial charge in [0.25, 0.3) is 0 Å². The van der Waals surface area contributed by atoms with Crippen LogP contribution in [0.25, 0.3) is 10.9 Å². The number of nitrogens with one attached hydrogen (secondary N) is 2. The Balaban J connectivity index is 1.37. The largest absolute Gasteiger partial charge is 0.416 e. The summed E-state index contributed by atoms with van der Waals surface area (Å²) in [6, 6.07) is 7.17. The molecule has 0 aliphatic carbocycles. The maximum Gasteiger partial charge on any atom is 0.416 e. The van der Waals surface area contributed by atoms with Gasteiger partial charge in [-0.1, -0.05) is 0 Å². The lowest BCUT2D eigenvalue weighted by Crippen LogP contribution is -2.50. The van der Waals surface area contributed by atoms with Gasteiger partial charge in [0.2, 0.25) is 0 Å². The van der Waals surface area contributed by atoms with Gasteiger partial charge >= 0.3 is 12.2 Å². The van der Waals surface area contributed by atoms with Gasteiger partial charge in [0.15, 0.2) is 0 Å². The van der Waals surface area contributed by atoms with Crippen molar-refractivity contribution in [1.29, 1.82) is 0 Å². The third-order valence-corrected chi connectivity index (χ3v) is 4.66. The predicted octanol–water partition coefficient (Wildman–Crippen LogP) is 3.33. The molecule has 1 saturated heterocycles. The molecule has 28 heavy (non-hydrogen) atoms. The molecule has 10 heteroatoms. The van der Waals surface area contributed by atoms with Crippen molar-refractivity contribution in [1.82, 2.24) is 20.1 Å². The molecule has 0 unspecified atom stereocenters. The van der Waals surface area contributed by atoms with Gasteiger partial charge in [-0.2, -0.15) is 18.3 Å². The van der Waals surface area contributed by atoms with Gasteiger partial charge in [-0.05, 0) is 30.3 Å². The van der Waals surface area contributed by atoms with Crippen molar-refractivity contribution in [3.05, 3.63) is 48.3 Å². The molecular formula is C18H17F3N6O. The highest BCUT2D eigenvalue weighted by atomic mass is 19.4. The summed E-state index contributed by atoms with van der Waals surface area (Å²) in [7, 11) is 0. The van der Waals surface area contributed by atoms with Crippen molar-refractivity contribution >= 4 is 28.4 Å². The van der Waals surface area contributed by atoms with Crippen LogP contribution in [0.4, 0.5) is 29.5 Å². The van der Waals surface area contributed by atoms with Crippen molar-refractivity contribution in [2.45, 2.75) is 6.18 Å². The van der Waals surface area contributed by atoms with Crippen molar-refractivity contribution in [2.75, 3.05) is 36.4 Å². The number of piperazine rings is 1. The van der Waals surface area contributed by atoms with E-state index in [0.29, 0.717) is 31.9 Å². The van der Waals surface area contributed by atoms with E-state index in [1.807, 2.05) is 6.07 Å². The van der Waals surface area contributed by atoms with Gasteiger partial charge < -0.3 is 15.1 Å². The number of amides is 2. The molecule has 1 aliphatic rings. The Morgan fingerprint density at radius 3 is 2.64 bits per heavy atom. The lowest BCUT2D eigenvalue weighted by Gasteiger charge is -2.35. The minimum Gasteiger partial charge on any atom is -0.353 e. The van der Waals surface area contributed by atoms with E-state index in [4.69, 9.17) is 0 Å². The summed E-state index contributed by atoms with van der Waals surface area (Å²) in [5.41, 5.74) is 0.730. The van der Waals surface area contributed by atoms with Gasteiger partial charge in [-0.3, -0.25) is 5.10 Å².